The lowest BCUT2D eigenvalue weighted by Gasteiger charge is -2.19. The molecule has 0 aliphatic heterocycles. The Morgan fingerprint density at radius 3 is 2.54 bits per heavy atom. The van der Waals surface area contributed by atoms with Crippen molar-refractivity contribution in [2.24, 2.45) is 5.92 Å². The molecule has 3 N–H and O–H groups in total. The van der Waals surface area contributed by atoms with Crippen molar-refractivity contribution in [1.82, 2.24) is 15.7 Å². The van der Waals surface area contributed by atoms with Crippen molar-refractivity contribution in [2.75, 3.05) is 26.4 Å². The van der Waals surface area contributed by atoms with Crippen molar-refractivity contribution in [3.63, 3.8) is 0 Å². The first-order chi connectivity index (χ1) is 17.8. The fourth-order valence-corrected chi connectivity index (χ4v) is 3.60. The molecule has 0 fully saturated rings. The fourth-order valence-electron chi connectivity index (χ4n) is 3.60. The van der Waals surface area contributed by atoms with Gasteiger partial charge in [-0.1, -0.05) is 26.2 Å². The minimum atomic E-state index is -0.611. The molecule has 1 unspecified atom stereocenters. The average molecular weight is 518 g/mol. The van der Waals surface area contributed by atoms with E-state index in [0.29, 0.717) is 35.2 Å². The number of ether oxygens (including phenoxy) is 2. The normalized spacial score (nSPS) is 11.4. The molecule has 3 amide bonds. The van der Waals surface area contributed by atoms with Gasteiger partial charge in [0.2, 0.25) is 12.3 Å². The molecule has 37 heavy (non-hydrogen) atoms. The standard InChI is InChI=1S/C26H35N3O8/c1-4-7-8-9-18(15-29(34)17-30)24(31)27-16-28-25(32)23-11-10-22(37-23)19-12-20(26(33)36-6-3)14-21(13-19)35-5-2/h10-14,17-18,34H,4-9,15-16H2,1-3H3,(H,27,31)(H,28,32). The van der Waals surface area contributed by atoms with Gasteiger partial charge in [0.25, 0.3) is 5.91 Å². The van der Waals surface area contributed by atoms with Crippen LogP contribution in [-0.2, 0) is 14.3 Å². The maximum Gasteiger partial charge on any atom is 0.338 e. The molecule has 1 aromatic carbocycles. The van der Waals surface area contributed by atoms with Crippen LogP contribution < -0.4 is 15.4 Å². The third-order valence-corrected chi connectivity index (χ3v) is 5.41. The average Bonchev–Trinajstić information content (AvgIpc) is 3.39. The Morgan fingerprint density at radius 2 is 1.86 bits per heavy atom. The Kier molecular flexibility index (Phi) is 12.1. The smallest absolute Gasteiger partial charge is 0.338 e. The zero-order valence-corrected chi connectivity index (χ0v) is 21.5. The van der Waals surface area contributed by atoms with Crippen molar-refractivity contribution in [3.8, 4) is 17.1 Å². The zero-order valence-electron chi connectivity index (χ0n) is 21.5. The fraction of sp³-hybridized carbons (Fsp3) is 0.462. The van der Waals surface area contributed by atoms with Gasteiger partial charge >= 0.3 is 5.97 Å². The third-order valence-electron chi connectivity index (χ3n) is 5.41. The molecular formula is C26H35N3O8. The second-order valence-corrected chi connectivity index (χ2v) is 8.21. The van der Waals surface area contributed by atoms with E-state index >= 15 is 0 Å². The minimum Gasteiger partial charge on any atom is -0.494 e. The van der Waals surface area contributed by atoms with Gasteiger partial charge in [-0.25, -0.2) is 9.86 Å². The first kappa shape index (κ1) is 29.4. The molecule has 0 radical (unpaired) electrons. The number of furan rings is 1. The van der Waals surface area contributed by atoms with E-state index in [-0.39, 0.29) is 37.6 Å². The summed E-state index contributed by atoms with van der Waals surface area (Å²) >= 11 is 0. The number of benzene rings is 1. The van der Waals surface area contributed by atoms with Gasteiger partial charge in [0.1, 0.15) is 11.5 Å². The van der Waals surface area contributed by atoms with Gasteiger partial charge in [-0.05, 0) is 50.6 Å². The van der Waals surface area contributed by atoms with Crippen LogP contribution in [0.15, 0.2) is 34.7 Å². The number of hydroxylamine groups is 2. The summed E-state index contributed by atoms with van der Waals surface area (Å²) in [7, 11) is 0. The molecule has 0 saturated carbocycles. The lowest BCUT2D eigenvalue weighted by molar-refractivity contribution is -0.154. The van der Waals surface area contributed by atoms with Crippen LogP contribution in [0.25, 0.3) is 11.3 Å². The Labute approximate surface area is 216 Å². The van der Waals surface area contributed by atoms with Gasteiger partial charge in [0, 0.05) is 5.56 Å². The molecule has 2 aromatic rings. The molecule has 0 bridgehead atoms. The number of unbranched alkanes of at least 4 members (excludes halogenated alkanes) is 2. The number of amides is 3. The number of esters is 1. The molecule has 1 heterocycles. The summed E-state index contributed by atoms with van der Waals surface area (Å²) in [5, 5.41) is 15.1. The number of hydrogen-bond acceptors (Lipinski definition) is 8. The van der Waals surface area contributed by atoms with Crippen LogP contribution >= 0.6 is 0 Å². The van der Waals surface area contributed by atoms with E-state index in [1.54, 1.807) is 31.2 Å². The van der Waals surface area contributed by atoms with Gasteiger partial charge in [0.05, 0.1) is 37.9 Å². The summed E-state index contributed by atoms with van der Waals surface area (Å²) in [6.07, 6.45) is 3.39. The SMILES string of the molecule is CCCCCC(CN(O)C=O)C(=O)NCNC(=O)c1ccc(-c2cc(OCC)cc(C(=O)OCC)c2)o1. The Hall–Kier alpha value is -3.86. The molecular weight excluding hydrogens is 482 g/mol. The highest BCUT2D eigenvalue weighted by atomic mass is 16.5. The number of hydrogen-bond donors (Lipinski definition) is 3. The van der Waals surface area contributed by atoms with Crippen molar-refractivity contribution < 1.29 is 38.3 Å². The maximum absolute atomic E-state index is 12.6. The lowest BCUT2D eigenvalue weighted by atomic mass is 10.0. The van der Waals surface area contributed by atoms with Crippen LogP contribution in [0.1, 0.15) is 67.4 Å². The van der Waals surface area contributed by atoms with Crippen molar-refractivity contribution in [2.45, 2.75) is 46.5 Å². The van der Waals surface area contributed by atoms with E-state index in [1.807, 2.05) is 13.8 Å². The van der Waals surface area contributed by atoms with Crippen LogP contribution in [0, 0.1) is 5.92 Å². The molecule has 0 spiro atoms. The summed E-state index contributed by atoms with van der Waals surface area (Å²) in [5.74, 6) is -1.26. The largest absolute Gasteiger partial charge is 0.494 e. The summed E-state index contributed by atoms with van der Waals surface area (Å²) < 4.78 is 16.3. The molecule has 0 aliphatic rings. The van der Waals surface area contributed by atoms with E-state index < -0.39 is 23.7 Å². The zero-order chi connectivity index (χ0) is 27.2. The molecule has 11 nitrogen and oxygen atoms in total. The van der Waals surface area contributed by atoms with Crippen LogP contribution in [0.4, 0.5) is 0 Å². The molecule has 202 valence electrons. The van der Waals surface area contributed by atoms with Crippen molar-refractivity contribution >= 4 is 24.2 Å². The predicted octanol–water partition coefficient (Wildman–Crippen LogP) is 3.37. The van der Waals surface area contributed by atoms with Crippen LogP contribution in [0.2, 0.25) is 0 Å². The van der Waals surface area contributed by atoms with Gasteiger partial charge < -0.3 is 24.5 Å². The van der Waals surface area contributed by atoms with Gasteiger partial charge in [-0.15, -0.1) is 0 Å². The monoisotopic (exact) mass is 517 g/mol. The summed E-state index contributed by atoms with van der Waals surface area (Å²) in [4.78, 5) is 48.0. The number of carbonyl (C=O) groups is 4. The number of nitrogens with zero attached hydrogens (tertiary/aromatic N) is 1. The number of carbonyl (C=O) groups excluding carboxylic acids is 4. The van der Waals surface area contributed by atoms with Crippen molar-refractivity contribution in [1.29, 1.82) is 0 Å². The predicted molar refractivity (Wildman–Crippen MR) is 134 cm³/mol. The first-order valence-electron chi connectivity index (χ1n) is 12.3. The van der Waals surface area contributed by atoms with E-state index in [9.17, 15) is 24.4 Å². The molecule has 1 atom stereocenters. The van der Waals surface area contributed by atoms with Crippen LogP contribution in [0.3, 0.4) is 0 Å². The highest BCUT2D eigenvalue weighted by Gasteiger charge is 2.21. The van der Waals surface area contributed by atoms with Gasteiger partial charge in [-0.3, -0.25) is 19.6 Å². The molecule has 11 heteroatoms. The number of nitrogens with one attached hydrogen (secondary N) is 2. The second kappa shape index (κ2) is 15.3. The maximum atomic E-state index is 12.6. The highest BCUT2D eigenvalue weighted by Crippen LogP contribution is 2.28. The Bertz CT molecular complexity index is 1050. The van der Waals surface area contributed by atoms with E-state index in [1.165, 1.54) is 6.07 Å². The quantitative estimate of drug-likeness (QED) is 0.0767. The van der Waals surface area contributed by atoms with E-state index in [4.69, 9.17) is 13.9 Å². The number of rotatable bonds is 16. The molecule has 0 aliphatic carbocycles. The highest BCUT2D eigenvalue weighted by molar-refractivity contribution is 5.93. The Morgan fingerprint density at radius 1 is 1.08 bits per heavy atom. The summed E-state index contributed by atoms with van der Waals surface area (Å²) in [6.45, 7) is 5.88. The topological polar surface area (TPSA) is 147 Å². The van der Waals surface area contributed by atoms with Gasteiger partial charge in [0.15, 0.2) is 5.76 Å². The van der Waals surface area contributed by atoms with E-state index in [2.05, 4.69) is 10.6 Å². The lowest BCUT2D eigenvalue weighted by Crippen LogP contribution is -2.42. The second-order valence-electron chi connectivity index (χ2n) is 8.21. The van der Waals surface area contributed by atoms with Crippen LogP contribution in [-0.4, -0.2) is 60.9 Å². The molecule has 2 rings (SSSR count). The summed E-state index contributed by atoms with van der Waals surface area (Å²) in [6, 6.07) is 7.92. The van der Waals surface area contributed by atoms with Crippen LogP contribution in [0.5, 0.6) is 5.75 Å². The summed E-state index contributed by atoms with van der Waals surface area (Å²) in [5.41, 5.74) is 0.817. The van der Waals surface area contributed by atoms with Crippen molar-refractivity contribution in [3.05, 3.63) is 41.7 Å². The first-order valence-corrected chi connectivity index (χ1v) is 12.3. The van der Waals surface area contributed by atoms with E-state index in [0.717, 1.165) is 19.3 Å². The van der Waals surface area contributed by atoms with Gasteiger partial charge in [-0.2, -0.15) is 0 Å². The molecule has 1 aromatic heterocycles. The third kappa shape index (κ3) is 9.26. The molecule has 0 saturated heterocycles. The Balaban J connectivity index is 2.03. The minimum absolute atomic E-state index is 0.00531.